The first-order valence-corrected chi connectivity index (χ1v) is 9.27. The van der Waals surface area contributed by atoms with Crippen LogP contribution in [0.5, 0.6) is 5.75 Å². The maximum Gasteiger partial charge on any atom is 0.221 e. The Morgan fingerprint density at radius 1 is 1.35 bits per heavy atom. The zero-order valence-electron chi connectivity index (χ0n) is 13.8. The first kappa shape index (κ1) is 18.3. The van der Waals surface area contributed by atoms with Crippen molar-refractivity contribution in [2.24, 2.45) is 0 Å². The lowest BCUT2D eigenvalue weighted by Crippen LogP contribution is -2.29. The maximum absolute atomic E-state index is 13.4. The summed E-state index contributed by atoms with van der Waals surface area (Å²) >= 11 is 6.79. The van der Waals surface area contributed by atoms with Crippen molar-refractivity contribution in [3.05, 3.63) is 52.4 Å². The van der Waals surface area contributed by atoms with Crippen LogP contribution in [0.25, 0.3) is 10.7 Å². The molecule has 0 spiro atoms. The van der Waals surface area contributed by atoms with E-state index in [2.05, 4.69) is 15.5 Å². The third-order valence-corrected chi connectivity index (χ3v) is 4.76. The van der Waals surface area contributed by atoms with Crippen LogP contribution in [-0.4, -0.2) is 33.8 Å². The molecule has 26 heavy (non-hydrogen) atoms. The molecule has 136 valence electrons. The number of hydrogen-bond acceptors (Lipinski definition) is 5. The first-order valence-electron chi connectivity index (χ1n) is 7.98. The number of para-hydroxylation sites is 1. The Hall–Kier alpha value is -2.52. The topological polar surface area (TPSA) is 71.9 Å². The van der Waals surface area contributed by atoms with Gasteiger partial charge in [-0.3, -0.25) is 14.5 Å². The molecule has 0 bridgehead atoms. The van der Waals surface area contributed by atoms with E-state index in [4.69, 9.17) is 17.0 Å². The Balaban J connectivity index is 1.46. The number of ether oxygens (including phenoxy) is 1. The van der Waals surface area contributed by atoms with Gasteiger partial charge in [-0.2, -0.15) is 5.10 Å². The summed E-state index contributed by atoms with van der Waals surface area (Å²) in [5.74, 6) is 0.337. The van der Waals surface area contributed by atoms with Crippen LogP contribution in [0, 0.1) is 10.6 Å². The second kappa shape index (κ2) is 8.72. The predicted octanol–water partition coefficient (Wildman–Crippen LogP) is 3.39. The van der Waals surface area contributed by atoms with Gasteiger partial charge in [-0.25, -0.2) is 4.39 Å². The van der Waals surface area contributed by atoms with Crippen LogP contribution in [0.3, 0.4) is 0 Å². The number of nitrogens with one attached hydrogen (secondary N) is 2. The van der Waals surface area contributed by atoms with Gasteiger partial charge in [0.2, 0.25) is 5.91 Å². The number of carbonyl (C=O) groups is 1. The van der Waals surface area contributed by atoms with Gasteiger partial charge in [-0.15, -0.1) is 11.3 Å². The SMILES string of the molecule is O=C(CCn1c(-c2cccs2)n[nH]c1=S)NCCOc1ccccc1F. The van der Waals surface area contributed by atoms with Crippen LogP contribution in [0.4, 0.5) is 4.39 Å². The molecule has 0 aliphatic heterocycles. The molecule has 3 aromatic rings. The monoisotopic (exact) mass is 392 g/mol. The highest BCUT2D eigenvalue weighted by atomic mass is 32.1. The number of carbonyl (C=O) groups excluding carboxylic acids is 1. The molecule has 1 amide bonds. The van der Waals surface area contributed by atoms with Crippen molar-refractivity contribution in [2.75, 3.05) is 13.2 Å². The van der Waals surface area contributed by atoms with Crippen molar-refractivity contribution >= 4 is 29.5 Å². The fourth-order valence-corrected chi connectivity index (χ4v) is 3.28. The highest BCUT2D eigenvalue weighted by molar-refractivity contribution is 7.71. The van der Waals surface area contributed by atoms with Crippen molar-refractivity contribution in [3.8, 4) is 16.5 Å². The summed E-state index contributed by atoms with van der Waals surface area (Å²) in [5.41, 5.74) is 0. The van der Waals surface area contributed by atoms with Gasteiger partial charge in [0.25, 0.3) is 0 Å². The van der Waals surface area contributed by atoms with Crippen LogP contribution in [0.2, 0.25) is 0 Å². The van der Waals surface area contributed by atoms with E-state index in [1.54, 1.807) is 34.1 Å². The maximum atomic E-state index is 13.4. The van der Waals surface area contributed by atoms with Crippen molar-refractivity contribution in [1.29, 1.82) is 0 Å². The molecule has 0 fully saturated rings. The Bertz CT molecular complexity index is 921. The summed E-state index contributed by atoms with van der Waals surface area (Å²) in [7, 11) is 0. The van der Waals surface area contributed by atoms with E-state index in [9.17, 15) is 9.18 Å². The van der Waals surface area contributed by atoms with Crippen LogP contribution in [-0.2, 0) is 11.3 Å². The molecule has 0 saturated heterocycles. The number of thiophene rings is 1. The Kier molecular flexibility index (Phi) is 6.13. The highest BCUT2D eigenvalue weighted by Crippen LogP contribution is 2.22. The van der Waals surface area contributed by atoms with Crippen molar-refractivity contribution in [2.45, 2.75) is 13.0 Å². The first-order chi connectivity index (χ1) is 12.6. The lowest BCUT2D eigenvalue weighted by molar-refractivity contribution is -0.121. The zero-order chi connectivity index (χ0) is 18.4. The fraction of sp³-hybridized carbons (Fsp3) is 0.235. The van der Waals surface area contributed by atoms with E-state index < -0.39 is 5.82 Å². The number of amides is 1. The van der Waals surface area contributed by atoms with Gasteiger partial charge >= 0.3 is 0 Å². The summed E-state index contributed by atoms with van der Waals surface area (Å²) < 4.78 is 21.0. The van der Waals surface area contributed by atoms with Crippen molar-refractivity contribution in [1.82, 2.24) is 20.1 Å². The number of nitrogens with zero attached hydrogens (tertiary/aromatic N) is 2. The molecular weight excluding hydrogens is 375 g/mol. The molecule has 2 aromatic heterocycles. The van der Waals surface area contributed by atoms with Gasteiger partial charge in [-0.05, 0) is 35.8 Å². The van der Waals surface area contributed by atoms with Crippen molar-refractivity contribution in [3.63, 3.8) is 0 Å². The van der Waals surface area contributed by atoms with Gasteiger partial charge in [0.05, 0.1) is 11.4 Å². The number of aromatic amines is 1. The van der Waals surface area contributed by atoms with E-state index in [-0.39, 0.29) is 24.7 Å². The Labute approximate surface area is 158 Å². The number of rotatable bonds is 8. The second-order valence-electron chi connectivity index (χ2n) is 5.36. The van der Waals surface area contributed by atoms with Gasteiger partial charge < -0.3 is 10.1 Å². The number of aromatic nitrogens is 3. The molecule has 9 heteroatoms. The van der Waals surface area contributed by atoms with Gasteiger partial charge in [0.1, 0.15) is 6.61 Å². The summed E-state index contributed by atoms with van der Waals surface area (Å²) in [6.07, 6.45) is 0.256. The fourth-order valence-electron chi connectivity index (χ4n) is 2.33. The second-order valence-corrected chi connectivity index (χ2v) is 6.69. The van der Waals surface area contributed by atoms with Crippen LogP contribution in [0.15, 0.2) is 41.8 Å². The molecule has 3 rings (SSSR count). The third-order valence-electron chi connectivity index (χ3n) is 3.58. The average Bonchev–Trinajstić information content (AvgIpc) is 3.28. The molecule has 0 saturated carbocycles. The molecule has 0 aliphatic carbocycles. The minimum Gasteiger partial charge on any atom is -0.489 e. The number of hydrogen-bond donors (Lipinski definition) is 2. The van der Waals surface area contributed by atoms with E-state index in [0.717, 1.165) is 10.7 Å². The molecular formula is C17H17FN4O2S2. The molecule has 0 radical (unpaired) electrons. The standard InChI is InChI=1S/C17H17FN4O2S2/c18-12-4-1-2-5-13(12)24-10-8-19-15(23)7-9-22-16(20-21-17(22)25)14-6-3-11-26-14/h1-6,11H,7-10H2,(H,19,23)(H,21,25). The summed E-state index contributed by atoms with van der Waals surface area (Å²) in [5, 5.41) is 11.7. The molecule has 2 N–H and O–H groups in total. The van der Waals surface area contributed by atoms with Gasteiger partial charge in [0, 0.05) is 13.0 Å². The molecule has 2 heterocycles. The molecule has 6 nitrogen and oxygen atoms in total. The van der Waals surface area contributed by atoms with E-state index in [0.29, 0.717) is 17.9 Å². The smallest absolute Gasteiger partial charge is 0.221 e. The normalized spacial score (nSPS) is 10.7. The summed E-state index contributed by atoms with van der Waals surface area (Å²) in [6, 6.07) is 10.0. The lowest BCUT2D eigenvalue weighted by Gasteiger charge is -2.09. The summed E-state index contributed by atoms with van der Waals surface area (Å²) in [4.78, 5) is 13.0. The highest BCUT2D eigenvalue weighted by Gasteiger charge is 2.11. The lowest BCUT2D eigenvalue weighted by atomic mass is 10.3. The predicted molar refractivity (Wildman–Crippen MR) is 100 cm³/mol. The van der Waals surface area contributed by atoms with E-state index in [1.807, 2.05) is 17.5 Å². The Morgan fingerprint density at radius 3 is 2.96 bits per heavy atom. The number of H-pyrrole nitrogens is 1. The number of benzene rings is 1. The van der Waals surface area contributed by atoms with E-state index >= 15 is 0 Å². The van der Waals surface area contributed by atoms with Crippen LogP contribution >= 0.6 is 23.6 Å². The Morgan fingerprint density at radius 2 is 2.19 bits per heavy atom. The molecule has 1 aromatic carbocycles. The van der Waals surface area contributed by atoms with Gasteiger partial charge in [0.15, 0.2) is 22.2 Å². The largest absolute Gasteiger partial charge is 0.489 e. The van der Waals surface area contributed by atoms with Crippen molar-refractivity contribution < 1.29 is 13.9 Å². The quantitative estimate of drug-likeness (QED) is 0.455. The van der Waals surface area contributed by atoms with Crippen LogP contribution < -0.4 is 10.1 Å². The molecule has 0 aliphatic rings. The average molecular weight is 392 g/mol. The van der Waals surface area contributed by atoms with Crippen LogP contribution in [0.1, 0.15) is 6.42 Å². The van der Waals surface area contributed by atoms with Gasteiger partial charge in [-0.1, -0.05) is 18.2 Å². The molecule has 0 unspecified atom stereocenters. The zero-order valence-corrected chi connectivity index (χ0v) is 15.4. The minimum absolute atomic E-state index is 0.137. The minimum atomic E-state index is -0.422. The van der Waals surface area contributed by atoms with E-state index in [1.165, 1.54) is 6.07 Å². The summed E-state index contributed by atoms with van der Waals surface area (Å²) in [6.45, 7) is 0.905. The third kappa shape index (κ3) is 4.55. The number of halogens is 1. The molecule has 0 atom stereocenters.